The third-order valence-corrected chi connectivity index (χ3v) is 1.13. The highest BCUT2D eigenvalue weighted by Gasteiger charge is 2.23. The molecule has 0 N–H and O–H groups in total. The molecule has 0 bridgehead atoms. The minimum atomic E-state index is -0.561. The standard InChI is InChI=1S/C4H8BrO2P/c1-4(2,5)3(6)7-8/h8H2,1-2H3. The highest BCUT2D eigenvalue weighted by molar-refractivity contribution is 9.10. The molecule has 0 aliphatic rings. The van der Waals surface area contributed by atoms with Crippen LogP contribution in [-0.2, 0) is 9.32 Å². The van der Waals surface area contributed by atoms with Gasteiger partial charge in [-0.2, -0.15) is 0 Å². The van der Waals surface area contributed by atoms with Gasteiger partial charge in [0, 0.05) is 0 Å². The molecule has 0 radical (unpaired) electrons. The van der Waals surface area contributed by atoms with E-state index in [9.17, 15) is 4.79 Å². The predicted octanol–water partition coefficient (Wildman–Crippen LogP) is 1.49. The summed E-state index contributed by atoms with van der Waals surface area (Å²) in [5.74, 6) is -0.289. The molecule has 0 saturated heterocycles. The van der Waals surface area contributed by atoms with Crippen molar-refractivity contribution in [1.29, 1.82) is 0 Å². The Labute approximate surface area is 59.4 Å². The Morgan fingerprint density at radius 2 is 2.12 bits per heavy atom. The minimum absolute atomic E-state index is 0.289. The normalized spacial score (nSPS) is 11.0. The highest BCUT2D eigenvalue weighted by Crippen LogP contribution is 2.18. The minimum Gasteiger partial charge on any atom is -0.450 e. The molecule has 0 aromatic rings. The van der Waals surface area contributed by atoms with Gasteiger partial charge < -0.3 is 4.52 Å². The Kier molecular flexibility index (Phi) is 2.92. The Bertz CT molecular complexity index is 96.7. The van der Waals surface area contributed by atoms with E-state index >= 15 is 0 Å². The van der Waals surface area contributed by atoms with Gasteiger partial charge in [0.2, 0.25) is 0 Å². The molecule has 0 aromatic carbocycles. The van der Waals surface area contributed by atoms with Crippen molar-refractivity contribution in [3.63, 3.8) is 0 Å². The van der Waals surface area contributed by atoms with Crippen LogP contribution in [0, 0.1) is 0 Å². The van der Waals surface area contributed by atoms with Crippen molar-refractivity contribution in [3.8, 4) is 0 Å². The largest absolute Gasteiger partial charge is 0.450 e. The number of hydrogen-bond acceptors (Lipinski definition) is 2. The van der Waals surface area contributed by atoms with Gasteiger partial charge in [0.15, 0.2) is 0 Å². The van der Waals surface area contributed by atoms with Gasteiger partial charge in [0.1, 0.15) is 4.32 Å². The maximum absolute atomic E-state index is 10.5. The van der Waals surface area contributed by atoms with Crippen LogP contribution >= 0.6 is 25.4 Å². The zero-order chi connectivity index (χ0) is 6.78. The molecule has 0 heterocycles. The lowest BCUT2D eigenvalue weighted by molar-refractivity contribution is -0.134. The molecule has 2 nitrogen and oxygen atoms in total. The molecule has 8 heavy (non-hydrogen) atoms. The van der Waals surface area contributed by atoms with E-state index in [1.54, 1.807) is 13.8 Å². The lowest BCUT2D eigenvalue weighted by atomic mass is 10.2. The molecule has 0 aliphatic heterocycles. The fraction of sp³-hybridized carbons (Fsp3) is 0.750. The van der Waals surface area contributed by atoms with Crippen LogP contribution in [0.4, 0.5) is 0 Å². The Morgan fingerprint density at radius 3 is 2.12 bits per heavy atom. The first-order valence-electron chi connectivity index (χ1n) is 2.08. The molecule has 0 spiro atoms. The fourth-order valence-corrected chi connectivity index (χ4v) is 0.701. The maximum atomic E-state index is 10.5. The second-order valence-electron chi connectivity index (χ2n) is 1.88. The van der Waals surface area contributed by atoms with Crippen LogP contribution in [0.3, 0.4) is 0 Å². The van der Waals surface area contributed by atoms with Gasteiger partial charge >= 0.3 is 5.97 Å². The fourth-order valence-electron chi connectivity index (χ4n) is 0.140. The molecule has 0 rings (SSSR count). The number of carbonyl (C=O) groups excluding carboxylic acids is 1. The first kappa shape index (κ1) is 8.38. The molecule has 4 heteroatoms. The second kappa shape index (κ2) is 2.79. The molecule has 1 atom stereocenters. The molecular formula is C4H8BrO2P. The van der Waals surface area contributed by atoms with Crippen molar-refractivity contribution >= 4 is 31.4 Å². The average molecular weight is 199 g/mol. The molecular weight excluding hydrogens is 191 g/mol. The van der Waals surface area contributed by atoms with Crippen LogP contribution in [0.2, 0.25) is 0 Å². The molecule has 0 fully saturated rings. The van der Waals surface area contributed by atoms with Crippen molar-refractivity contribution in [2.75, 3.05) is 0 Å². The lowest BCUT2D eigenvalue weighted by Crippen LogP contribution is -2.23. The number of rotatable bonds is 1. The number of alkyl halides is 1. The van der Waals surface area contributed by atoms with E-state index in [-0.39, 0.29) is 5.97 Å². The van der Waals surface area contributed by atoms with E-state index in [0.29, 0.717) is 0 Å². The van der Waals surface area contributed by atoms with Crippen LogP contribution in [0.25, 0.3) is 0 Å². The third kappa shape index (κ3) is 2.63. The summed E-state index contributed by atoms with van der Waals surface area (Å²) in [6, 6.07) is 0. The smallest absolute Gasteiger partial charge is 0.324 e. The molecule has 0 saturated carbocycles. The monoisotopic (exact) mass is 198 g/mol. The summed E-state index contributed by atoms with van der Waals surface area (Å²) in [6.45, 7) is 3.44. The van der Waals surface area contributed by atoms with Gasteiger partial charge in [-0.05, 0) is 13.8 Å². The molecule has 1 unspecified atom stereocenters. The summed E-state index contributed by atoms with van der Waals surface area (Å²) in [5.41, 5.74) is 0. The van der Waals surface area contributed by atoms with Gasteiger partial charge in [-0.25, -0.2) is 0 Å². The molecule has 0 aliphatic carbocycles. The zero-order valence-corrected chi connectivity index (χ0v) is 7.51. The summed E-state index contributed by atoms with van der Waals surface area (Å²) >= 11 is 3.12. The Morgan fingerprint density at radius 1 is 1.75 bits per heavy atom. The van der Waals surface area contributed by atoms with E-state index in [1.807, 2.05) is 9.47 Å². The number of carbonyl (C=O) groups is 1. The Hall–Kier alpha value is 0.380. The van der Waals surface area contributed by atoms with Crippen LogP contribution < -0.4 is 0 Å². The summed E-state index contributed by atoms with van der Waals surface area (Å²) in [5, 5.41) is 0. The van der Waals surface area contributed by atoms with E-state index in [1.165, 1.54) is 0 Å². The second-order valence-corrected chi connectivity index (χ2v) is 4.10. The quantitative estimate of drug-likeness (QED) is 0.472. The molecule has 48 valence electrons. The summed E-state index contributed by atoms with van der Waals surface area (Å²) < 4.78 is 3.78. The van der Waals surface area contributed by atoms with Crippen molar-refractivity contribution < 1.29 is 9.32 Å². The van der Waals surface area contributed by atoms with Crippen molar-refractivity contribution in [1.82, 2.24) is 0 Å². The number of hydrogen-bond donors (Lipinski definition) is 0. The van der Waals surface area contributed by atoms with Gasteiger partial charge in [-0.1, -0.05) is 15.9 Å². The predicted molar refractivity (Wildman–Crippen MR) is 38.8 cm³/mol. The van der Waals surface area contributed by atoms with E-state index in [0.717, 1.165) is 0 Å². The van der Waals surface area contributed by atoms with Gasteiger partial charge in [0.05, 0.1) is 9.47 Å². The lowest BCUT2D eigenvalue weighted by Gasteiger charge is -2.10. The van der Waals surface area contributed by atoms with Crippen LogP contribution in [0.15, 0.2) is 0 Å². The SMILES string of the molecule is CC(C)(Br)C(=O)OP. The van der Waals surface area contributed by atoms with E-state index < -0.39 is 4.32 Å². The van der Waals surface area contributed by atoms with Crippen LogP contribution in [0.1, 0.15) is 13.8 Å². The summed E-state index contributed by atoms with van der Waals surface area (Å²) in [6.07, 6.45) is 0. The van der Waals surface area contributed by atoms with Crippen LogP contribution in [-0.4, -0.2) is 10.3 Å². The Balaban J connectivity index is 3.82. The van der Waals surface area contributed by atoms with E-state index in [2.05, 4.69) is 20.5 Å². The summed E-state index contributed by atoms with van der Waals surface area (Å²) in [4.78, 5) is 10.5. The topological polar surface area (TPSA) is 26.3 Å². The third-order valence-electron chi connectivity index (χ3n) is 0.592. The maximum Gasteiger partial charge on any atom is 0.324 e. The molecule has 0 amide bonds. The van der Waals surface area contributed by atoms with Crippen molar-refractivity contribution in [2.45, 2.75) is 18.2 Å². The zero-order valence-electron chi connectivity index (χ0n) is 4.77. The van der Waals surface area contributed by atoms with Crippen molar-refractivity contribution in [3.05, 3.63) is 0 Å². The first-order chi connectivity index (χ1) is 3.48. The highest BCUT2D eigenvalue weighted by atomic mass is 79.9. The van der Waals surface area contributed by atoms with Gasteiger partial charge in [-0.15, -0.1) is 0 Å². The molecule has 0 aromatic heterocycles. The summed E-state index contributed by atoms with van der Waals surface area (Å²) in [7, 11) is 1.90. The van der Waals surface area contributed by atoms with Gasteiger partial charge in [-0.3, -0.25) is 4.79 Å². The first-order valence-corrected chi connectivity index (χ1v) is 3.35. The van der Waals surface area contributed by atoms with Crippen LogP contribution in [0.5, 0.6) is 0 Å². The van der Waals surface area contributed by atoms with Crippen molar-refractivity contribution in [2.24, 2.45) is 0 Å². The van der Waals surface area contributed by atoms with Gasteiger partial charge in [0.25, 0.3) is 0 Å². The van der Waals surface area contributed by atoms with E-state index in [4.69, 9.17) is 0 Å². The number of halogens is 1. The average Bonchev–Trinajstić information content (AvgIpc) is 1.62.